The van der Waals surface area contributed by atoms with E-state index in [9.17, 15) is 9.90 Å². The molecule has 4 heteroatoms. The van der Waals surface area contributed by atoms with Crippen LogP contribution in [-0.2, 0) is 31.7 Å². The van der Waals surface area contributed by atoms with Crippen molar-refractivity contribution < 1.29 is 19.4 Å². The maximum absolute atomic E-state index is 11.2. The minimum atomic E-state index is -0.360. The highest BCUT2D eigenvalue weighted by molar-refractivity contribution is 5.81. The molecule has 0 radical (unpaired) electrons. The van der Waals surface area contributed by atoms with E-state index >= 15 is 0 Å². The first kappa shape index (κ1) is 21.2. The van der Waals surface area contributed by atoms with Crippen LogP contribution >= 0.6 is 0 Å². The number of carbonyl (C=O) groups excluding carboxylic acids is 1. The topological polar surface area (TPSA) is 55.8 Å². The van der Waals surface area contributed by atoms with Gasteiger partial charge in [0.15, 0.2) is 0 Å². The third-order valence-corrected chi connectivity index (χ3v) is 3.83. The van der Waals surface area contributed by atoms with Crippen LogP contribution in [0.2, 0.25) is 0 Å². The Hall–Kier alpha value is -1.81. The van der Waals surface area contributed by atoms with Gasteiger partial charge in [0.25, 0.3) is 0 Å². The highest BCUT2D eigenvalue weighted by Gasteiger charge is 2.26. The second-order valence-corrected chi connectivity index (χ2v) is 8.26. The highest BCUT2D eigenvalue weighted by Crippen LogP contribution is 2.39. The number of ether oxygens (including phenoxy) is 2. The molecule has 1 aromatic rings. The van der Waals surface area contributed by atoms with E-state index in [0.717, 1.165) is 16.7 Å². The lowest BCUT2D eigenvalue weighted by molar-refractivity contribution is -0.139. The van der Waals surface area contributed by atoms with Crippen molar-refractivity contribution in [1.29, 1.82) is 0 Å². The van der Waals surface area contributed by atoms with Crippen molar-refractivity contribution in [2.75, 3.05) is 13.2 Å². The number of benzene rings is 1. The van der Waals surface area contributed by atoms with E-state index < -0.39 is 0 Å². The quantitative estimate of drug-likeness (QED) is 0.463. The van der Waals surface area contributed by atoms with Crippen molar-refractivity contribution >= 4 is 5.97 Å². The SMILES string of the molecule is C/C=C/C(=O)OCCOCc1cc(C(C)(C)C)c(O)c(C(C)(C)C)c1. The molecule has 0 saturated carbocycles. The van der Waals surface area contributed by atoms with Gasteiger partial charge in [0.2, 0.25) is 0 Å². The maximum atomic E-state index is 11.2. The van der Waals surface area contributed by atoms with Gasteiger partial charge in [0.1, 0.15) is 12.4 Å². The second kappa shape index (κ2) is 8.52. The molecule has 1 aromatic carbocycles. The lowest BCUT2D eigenvalue weighted by atomic mass is 9.78. The summed E-state index contributed by atoms with van der Waals surface area (Å²) in [6.07, 6.45) is 3.02. The number of hydrogen-bond acceptors (Lipinski definition) is 4. The van der Waals surface area contributed by atoms with Crippen LogP contribution in [-0.4, -0.2) is 24.3 Å². The first-order valence-electron chi connectivity index (χ1n) is 8.71. The Balaban J connectivity index is 2.85. The van der Waals surface area contributed by atoms with E-state index in [-0.39, 0.29) is 23.4 Å². The summed E-state index contributed by atoms with van der Waals surface area (Å²) in [5.41, 5.74) is 2.51. The van der Waals surface area contributed by atoms with Gasteiger partial charge in [-0.2, -0.15) is 0 Å². The Kier molecular flexibility index (Phi) is 7.24. The number of rotatable bonds is 6. The van der Waals surface area contributed by atoms with Gasteiger partial charge in [-0.1, -0.05) is 47.6 Å². The molecule has 0 spiro atoms. The lowest BCUT2D eigenvalue weighted by Crippen LogP contribution is -2.18. The molecule has 0 aliphatic carbocycles. The first-order chi connectivity index (χ1) is 11.5. The Bertz CT molecular complexity index is 581. The molecule has 0 saturated heterocycles. The largest absolute Gasteiger partial charge is 0.507 e. The van der Waals surface area contributed by atoms with E-state index in [4.69, 9.17) is 9.47 Å². The van der Waals surface area contributed by atoms with E-state index in [1.165, 1.54) is 6.08 Å². The summed E-state index contributed by atoms with van der Waals surface area (Å²) in [6, 6.07) is 3.99. The molecular formula is C21H32O4. The molecular weight excluding hydrogens is 316 g/mol. The number of aromatic hydroxyl groups is 1. The van der Waals surface area contributed by atoms with Crippen LogP contribution in [0.25, 0.3) is 0 Å². The molecule has 0 bridgehead atoms. The number of esters is 1. The van der Waals surface area contributed by atoms with Crippen LogP contribution in [0.15, 0.2) is 24.3 Å². The minimum Gasteiger partial charge on any atom is -0.507 e. The molecule has 0 fully saturated rings. The monoisotopic (exact) mass is 348 g/mol. The summed E-state index contributed by atoms with van der Waals surface area (Å²) in [4.78, 5) is 11.2. The molecule has 25 heavy (non-hydrogen) atoms. The van der Waals surface area contributed by atoms with E-state index in [0.29, 0.717) is 19.0 Å². The summed E-state index contributed by atoms with van der Waals surface area (Å²) in [5, 5.41) is 10.7. The maximum Gasteiger partial charge on any atom is 0.330 e. The predicted molar refractivity (Wildman–Crippen MR) is 101 cm³/mol. The summed E-state index contributed by atoms with van der Waals surface area (Å²) < 4.78 is 10.6. The van der Waals surface area contributed by atoms with Crippen molar-refractivity contribution in [2.45, 2.75) is 65.9 Å². The molecule has 0 aliphatic rings. The third kappa shape index (κ3) is 6.54. The van der Waals surface area contributed by atoms with Crippen molar-refractivity contribution in [3.05, 3.63) is 41.0 Å². The summed E-state index contributed by atoms with van der Waals surface area (Å²) in [5.74, 6) is 0.00445. The fourth-order valence-corrected chi connectivity index (χ4v) is 2.50. The van der Waals surface area contributed by atoms with Gasteiger partial charge < -0.3 is 14.6 Å². The molecule has 1 rings (SSSR count). The zero-order chi connectivity index (χ0) is 19.3. The van der Waals surface area contributed by atoms with Crippen LogP contribution in [0.3, 0.4) is 0 Å². The summed E-state index contributed by atoms with van der Waals surface area (Å²) >= 11 is 0. The molecule has 0 aromatic heterocycles. The van der Waals surface area contributed by atoms with Crippen molar-refractivity contribution in [2.24, 2.45) is 0 Å². The van der Waals surface area contributed by atoms with Gasteiger partial charge in [-0.3, -0.25) is 0 Å². The minimum absolute atomic E-state index is 0.165. The predicted octanol–water partition coefficient (Wildman–Crippen LogP) is 4.62. The lowest BCUT2D eigenvalue weighted by Gasteiger charge is -2.28. The number of carbonyl (C=O) groups is 1. The summed E-state index contributed by atoms with van der Waals surface area (Å²) in [7, 11) is 0. The van der Waals surface area contributed by atoms with Crippen LogP contribution in [0, 0.1) is 0 Å². The Morgan fingerprint density at radius 3 is 2.00 bits per heavy atom. The molecule has 1 N–H and O–H groups in total. The fraction of sp³-hybridized carbons (Fsp3) is 0.571. The first-order valence-corrected chi connectivity index (χ1v) is 8.71. The Labute approximate surface area is 151 Å². The molecule has 4 nitrogen and oxygen atoms in total. The third-order valence-electron chi connectivity index (χ3n) is 3.83. The van der Waals surface area contributed by atoms with Gasteiger partial charge in [0.05, 0.1) is 13.2 Å². The van der Waals surface area contributed by atoms with Crippen molar-refractivity contribution in [1.82, 2.24) is 0 Å². The second-order valence-electron chi connectivity index (χ2n) is 8.26. The molecule has 0 aliphatic heterocycles. The molecule has 0 heterocycles. The van der Waals surface area contributed by atoms with Crippen LogP contribution in [0.4, 0.5) is 0 Å². The number of hydrogen-bond donors (Lipinski definition) is 1. The Morgan fingerprint density at radius 2 is 1.56 bits per heavy atom. The summed E-state index contributed by atoms with van der Waals surface area (Å²) in [6.45, 7) is 15.2. The smallest absolute Gasteiger partial charge is 0.330 e. The van der Waals surface area contributed by atoms with Gasteiger partial charge in [0, 0.05) is 6.08 Å². The average Bonchev–Trinajstić information content (AvgIpc) is 2.46. The van der Waals surface area contributed by atoms with E-state index in [1.807, 2.05) is 12.1 Å². The van der Waals surface area contributed by atoms with Crippen LogP contribution in [0.1, 0.15) is 65.2 Å². The fourth-order valence-electron chi connectivity index (χ4n) is 2.50. The van der Waals surface area contributed by atoms with Crippen LogP contribution < -0.4 is 0 Å². The van der Waals surface area contributed by atoms with Gasteiger partial charge in [-0.05, 0) is 46.6 Å². The number of phenols is 1. The molecule has 0 amide bonds. The van der Waals surface area contributed by atoms with Crippen molar-refractivity contribution in [3.8, 4) is 5.75 Å². The molecule has 0 unspecified atom stereocenters. The number of allylic oxidation sites excluding steroid dienone is 1. The standard InChI is InChI=1S/C21H32O4/c1-8-9-18(22)25-11-10-24-14-15-12-16(20(2,3)4)19(23)17(13-15)21(5,6)7/h8-9,12-13,23H,10-11,14H2,1-7H3/b9-8+. The van der Waals surface area contributed by atoms with Gasteiger partial charge in [-0.15, -0.1) is 0 Å². The number of phenolic OH excluding ortho intramolecular Hbond substituents is 1. The van der Waals surface area contributed by atoms with E-state index in [2.05, 4.69) is 41.5 Å². The zero-order valence-corrected chi connectivity index (χ0v) is 16.6. The molecule has 140 valence electrons. The Morgan fingerprint density at radius 1 is 1.04 bits per heavy atom. The van der Waals surface area contributed by atoms with E-state index in [1.54, 1.807) is 13.0 Å². The highest BCUT2D eigenvalue weighted by atomic mass is 16.6. The van der Waals surface area contributed by atoms with Gasteiger partial charge in [-0.25, -0.2) is 4.79 Å². The van der Waals surface area contributed by atoms with Gasteiger partial charge >= 0.3 is 5.97 Å². The average molecular weight is 348 g/mol. The zero-order valence-electron chi connectivity index (χ0n) is 16.6. The molecule has 0 atom stereocenters. The normalized spacial score (nSPS) is 12.6. The van der Waals surface area contributed by atoms with Crippen LogP contribution in [0.5, 0.6) is 5.75 Å². The van der Waals surface area contributed by atoms with Crippen molar-refractivity contribution in [3.63, 3.8) is 0 Å².